The fraction of sp³-hybridized carbons (Fsp3) is 0.600. The van der Waals surface area contributed by atoms with Crippen LogP contribution in [0.2, 0.25) is 0 Å². The molecule has 0 aliphatic heterocycles. The van der Waals surface area contributed by atoms with Crippen LogP contribution in [0.5, 0.6) is 0 Å². The van der Waals surface area contributed by atoms with Crippen molar-refractivity contribution >= 4 is 21.6 Å². The fourth-order valence-electron chi connectivity index (χ4n) is 1.99. The summed E-state index contributed by atoms with van der Waals surface area (Å²) in [4.78, 5) is 2.53. The highest BCUT2D eigenvalue weighted by Gasteiger charge is 2.08. The second-order valence-corrected chi connectivity index (χ2v) is 5.69. The van der Waals surface area contributed by atoms with Gasteiger partial charge in [0.05, 0.1) is 0 Å². The number of halogens is 1. The van der Waals surface area contributed by atoms with Gasteiger partial charge in [0.1, 0.15) is 0 Å². The van der Waals surface area contributed by atoms with Crippen LogP contribution in [0, 0.1) is 0 Å². The standard InChI is InChI=1S/C15H25BrN2/c1-3-5-9-18(10-6-4-2)12-13-11-14(17)7-8-15(13)16/h7-8,11H,3-6,9-10,12,17H2,1-2H3. The van der Waals surface area contributed by atoms with Crippen LogP contribution < -0.4 is 5.73 Å². The fourth-order valence-corrected chi connectivity index (χ4v) is 2.36. The van der Waals surface area contributed by atoms with Crippen molar-refractivity contribution < 1.29 is 0 Å². The van der Waals surface area contributed by atoms with Crippen molar-refractivity contribution in [3.63, 3.8) is 0 Å². The molecule has 0 radical (unpaired) electrons. The average molecular weight is 313 g/mol. The molecule has 0 aliphatic carbocycles. The van der Waals surface area contributed by atoms with Crippen molar-refractivity contribution in [1.82, 2.24) is 4.90 Å². The van der Waals surface area contributed by atoms with E-state index in [-0.39, 0.29) is 0 Å². The Morgan fingerprint density at radius 3 is 2.28 bits per heavy atom. The molecule has 0 bridgehead atoms. The predicted molar refractivity (Wildman–Crippen MR) is 83.6 cm³/mol. The van der Waals surface area contributed by atoms with Gasteiger partial charge in [-0.15, -0.1) is 0 Å². The predicted octanol–water partition coefficient (Wildman–Crippen LogP) is 4.43. The SMILES string of the molecule is CCCCN(CCCC)Cc1cc(N)ccc1Br. The second kappa shape index (κ2) is 8.54. The van der Waals surface area contributed by atoms with Gasteiger partial charge in [0.15, 0.2) is 0 Å². The number of hydrogen-bond donors (Lipinski definition) is 1. The molecule has 1 aromatic carbocycles. The lowest BCUT2D eigenvalue weighted by molar-refractivity contribution is 0.256. The van der Waals surface area contributed by atoms with Crippen molar-refractivity contribution in [3.8, 4) is 0 Å². The molecule has 2 nitrogen and oxygen atoms in total. The number of anilines is 1. The summed E-state index contributed by atoms with van der Waals surface area (Å²) in [6, 6.07) is 6.06. The zero-order chi connectivity index (χ0) is 13.4. The van der Waals surface area contributed by atoms with Crippen molar-refractivity contribution in [2.24, 2.45) is 0 Å². The number of nitrogens with zero attached hydrogens (tertiary/aromatic N) is 1. The summed E-state index contributed by atoms with van der Waals surface area (Å²) in [5.41, 5.74) is 8.00. The van der Waals surface area contributed by atoms with Crippen molar-refractivity contribution in [2.45, 2.75) is 46.1 Å². The Balaban J connectivity index is 2.65. The molecule has 0 atom stereocenters. The van der Waals surface area contributed by atoms with E-state index in [1.165, 1.54) is 44.3 Å². The van der Waals surface area contributed by atoms with E-state index in [1.807, 2.05) is 12.1 Å². The van der Waals surface area contributed by atoms with Gasteiger partial charge >= 0.3 is 0 Å². The minimum absolute atomic E-state index is 0.846. The van der Waals surface area contributed by atoms with Crippen LogP contribution in [0.25, 0.3) is 0 Å². The van der Waals surface area contributed by atoms with Gasteiger partial charge in [-0.25, -0.2) is 0 Å². The Hall–Kier alpha value is -0.540. The Morgan fingerprint density at radius 1 is 1.11 bits per heavy atom. The van der Waals surface area contributed by atoms with E-state index < -0.39 is 0 Å². The largest absolute Gasteiger partial charge is 0.399 e. The van der Waals surface area contributed by atoms with Gasteiger partial charge in [-0.2, -0.15) is 0 Å². The minimum atomic E-state index is 0.846. The Morgan fingerprint density at radius 2 is 1.72 bits per heavy atom. The van der Waals surface area contributed by atoms with Crippen LogP contribution in [0.4, 0.5) is 5.69 Å². The van der Waals surface area contributed by atoms with Crippen LogP contribution in [0.3, 0.4) is 0 Å². The molecule has 3 heteroatoms. The molecule has 0 saturated carbocycles. The highest BCUT2D eigenvalue weighted by atomic mass is 79.9. The maximum Gasteiger partial charge on any atom is 0.0318 e. The zero-order valence-corrected chi connectivity index (χ0v) is 13.2. The summed E-state index contributed by atoms with van der Waals surface area (Å²) in [5.74, 6) is 0. The van der Waals surface area contributed by atoms with E-state index in [9.17, 15) is 0 Å². The molecule has 18 heavy (non-hydrogen) atoms. The van der Waals surface area contributed by atoms with E-state index in [0.29, 0.717) is 0 Å². The van der Waals surface area contributed by atoms with Gasteiger partial charge in [-0.3, -0.25) is 4.90 Å². The molecule has 2 N–H and O–H groups in total. The molecule has 0 saturated heterocycles. The molecular weight excluding hydrogens is 288 g/mol. The average Bonchev–Trinajstić information content (AvgIpc) is 2.37. The summed E-state index contributed by atoms with van der Waals surface area (Å²) in [7, 11) is 0. The number of benzene rings is 1. The molecule has 0 heterocycles. The molecule has 102 valence electrons. The first kappa shape index (κ1) is 15.5. The van der Waals surface area contributed by atoms with E-state index in [2.05, 4.69) is 40.7 Å². The van der Waals surface area contributed by atoms with Crippen LogP contribution >= 0.6 is 15.9 Å². The van der Waals surface area contributed by atoms with Gasteiger partial charge in [0.25, 0.3) is 0 Å². The molecular formula is C15H25BrN2. The lowest BCUT2D eigenvalue weighted by Gasteiger charge is -2.22. The van der Waals surface area contributed by atoms with Crippen LogP contribution in [0.15, 0.2) is 22.7 Å². The smallest absolute Gasteiger partial charge is 0.0318 e. The van der Waals surface area contributed by atoms with E-state index >= 15 is 0 Å². The van der Waals surface area contributed by atoms with Crippen molar-refractivity contribution in [3.05, 3.63) is 28.2 Å². The topological polar surface area (TPSA) is 29.3 Å². The van der Waals surface area contributed by atoms with E-state index in [1.54, 1.807) is 0 Å². The molecule has 0 aliphatic rings. The van der Waals surface area contributed by atoms with Crippen LogP contribution in [-0.4, -0.2) is 18.0 Å². The summed E-state index contributed by atoms with van der Waals surface area (Å²) in [6.07, 6.45) is 5.04. The van der Waals surface area contributed by atoms with Gasteiger partial charge in [0, 0.05) is 16.7 Å². The quantitative estimate of drug-likeness (QED) is 0.719. The Kier molecular flexibility index (Phi) is 7.36. The van der Waals surface area contributed by atoms with Gasteiger partial charge in [-0.05, 0) is 49.7 Å². The van der Waals surface area contributed by atoms with Gasteiger partial charge < -0.3 is 5.73 Å². The lowest BCUT2D eigenvalue weighted by atomic mass is 10.1. The summed E-state index contributed by atoms with van der Waals surface area (Å²) < 4.78 is 1.16. The van der Waals surface area contributed by atoms with Crippen LogP contribution in [-0.2, 0) is 6.54 Å². The lowest BCUT2D eigenvalue weighted by Crippen LogP contribution is -2.25. The van der Waals surface area contributed by atoms with Gasteiger partial charge in [0.2, 0.25) is 0 Å². The number of hydrogen-bond acceptors (Lipinski definition) is 2. The maximum atomic E-state index is 5.86. The molecule has 0 aromatic heterocycles. The monoisotopic (exact) mass is 312 g/mol. The Bertz CT molecular complexity index is 344. The summed E-state index contributed by atoms with van der Waals surface area (Å²) in [5, 5.41) is 0. The van der Waals surface area contributed by atoms with Crippen LogP contribution in [0.1, 0.15) is 45.1 Å². The first-order valence-electron chi connectivity index (χ1n) is 6.93. The minimum Gasteiger partial charge on any atom is -0.399 e. The number of nitrogen functional groups attached to an aromatic ring is 1. The third-order valence-corrected chi connectivity index (χ3v) is 3.89. The molecule has 0 fully saturated rings. The first-order chi connectivity index (χ1) is 8.67. The zero-order valence-electron chi connectivity index (χ0n) is 11.6. The normalized spacial score (nSPS) is 11.1. The number of rotatable bonds is 8. The highest BCUT2D eigenvalue weighted by Crippen LogP contribution is 2.21. The Labute approximate surface area is 120 Å². The van der Waals surface area contributed by atoms with Crippen molar-refractivity contribution in [1.29, 1.82) is 0 Å². The molecule has 0 spiro atoms. The number of nitrogens with two attached hydrogens (primary N) is 1. The van der Waals surface area contributed by atoms with E-state index in [4.69, 9.17) is 5.73 Å². The highest BCUT2D eigenvalue weighted by molar-refractivity contribution is 9.10. The first-order valence-corrected chi connectivity index (χ1v) is 7.73. The molecule has 1 aromatic rings. The van der Waals surface area contributed by atoms with Crippen molar-refractivity contribution in [2.75, 3.05) is 18.8 Å². The number of unbranched alkanes of at least 4 members (excludes halogenated alkanes) is 2. The molecule has 1 rings (SSSR count). The third kappa shape index (κ3) is 5.40. The van der Waals surface area contributed by atoms with Gasteiger partial charge in [-0.1, -0.05) is 42.6 Å². The van der Waals surface area contributed by atoms with E-state index in [0.717, 1.165) is 16.7 Å². The molecule has 0 unspecified atom stereocenters. The maximum absolute atomic E-state index is 5.86. The summed E-state index contributed by atoms with van der Waals surface area (Å²) >= 11 is 3.61. The third-order valence-electron chi connectivity index (χ3n) is 3.12. The second-order valence-electron chi connectivity index (χ2n) is 4.83. The summed E-state index contributed by atoms with van der Waals surface area (Å²) in [6.45, 7) is 7.84. The molecule has 0 amide bonds.